The highest BCUT2D eigenvalue weighted by Gasteiger charge is 2.44. The molecule has 4 heteroatoms. The van der Waals surface area contributed by atoms with Crippen LogP contribution in [0.4, 0.5) is 0 Å². The molecule has 0 radical (unpaired) electrons. The maximum absolute atomic E-state index is 11.2. The monoisotopic (exact) mass is 327 g/mol. The summed E-state index contributed by atoms with van der Waals surface area (Å²) >= 11 is 0. The molecule has 2 fully saturated rings. The fourth-order valence-corrected chi connectivity index (χ4v) is 4.01. The lowest BCUT2D eigenvalue weighted by Crippen LogP contribution is -2.31. The Morgan fingerprint density at radius 1 is 1.25 bits per heavy atom. The highest BCUT2D eigenvalue weighted by Crippen LogP contribution is 2.44. The third kappa shape index (κ3) is 3.26. The van der Waals surface area contributed by atoms with Gasteiger partial charge in [-0.05, 0) is 57.1 Å². The molecule has 0 bridgehead atoms. The van der Waals surface area contributed by atoms with Crippen LogP contribution in [0.1, 0.15) is 62.5 Å². The molecule has 1 N–H and O–H groups in total. The van der Waals surface area contributed by atoms with Gasteiger partial charge in [0.05, 0.1) is 12.0 Å². The van der Waals surface area contributed by atoms with Gasteiger partial charge in [0, 0.05) is 18.4 Å². The Morgan fingerprint density at radius 2 is 1.92 bits per heavy atom. The summed E-state index contributed by atoms with van der Waals surface area (Å²) < 4.78 is 6.19. The van der Waals surface area contributed by atoms with Crippen LogP contribution in [-0.4, -0.2) is 17.2 Å². The first-order chi connectivity index (χ1) is 11.5. The first-order valence-electron chi connectivity index (χ1n) is 8.93. The fourth-order valence-electron chi connectivity index (χ4n) is 4.01. The molecule has 3 rings (SSSR count). The Labute approximate surface area is 143 Å². The van der Waals surface area contributed by atoms with Crippen LogP contribution in [-0.2, 0) is 10.3 Å². The second-order valence-corrected chi connectivity index (χ2v) is 7.26. The maximum Gasteiger partial charge on any atom is 0.306 e. The van der Waals surface area contributed by atoms with Crippen molar-refractivity contribution in [1.29, 1.82) is 0 Å². The van der Waals surface area contributed by atoms with Crippen LogP contribution >= 0.6 is 0 Å². The molecule has 0 spiro atoms. The molecule has 128 valence electrons. The van der Waals surface area contributed by atoms with Gasteiger partial charge in [-0.1, -0.05) is 12.1 Å². The summed E-state index contributed by atoms with van der Waals surface area (Å²) in [6.45, 7) is 9.78. The van der Waals surface area contributed by atoms with Crippen LogP contribution in [0, 0.1) is 19.4 Å². The summed E-state index contributed by atoms with van der Waals surface area (Å²) in [5, 5.41) is 9.19. The van der Waals surface area contributed by atoms with Gasteiger partial charge in [0.1, 0.15) is 5.75 Å². The number of carboxylic acids is 1. The predicted molar refractivity (Wildman–Crippen MR) is 91.9 cm³/mol. The summed E-state index contributed by atoms with van der Waals surface area (Å²) in [4.78, 5) is 15.1. The van der Waals surface area contributed by atoms with Crippen molar-refractivity contribution in [3.8, 4) is 5.75 Å². The van der Waals surface area contributed by atoms with E-state index in [9.17, 15) is 9.90 Å². The summed E-state index contributed by atoms with van der Waals surface area (Å²) in [7, 11) is 0. The zero-order chi connectivity index (χ0) is 17.2. The molecule has 0 saturated heterocycles. The molecule has 1 aromatic rings. The first kappa shape index (κ1) is 16.8. The number of benzene rings is 1. The van der Waals surface area contributed by atoms with Crippen LogP contribution in [0.5, 0.6) is 5.75 Å². The van der Waals surface area contributed by atoms with Crippen molar-refractivity contribution < 1.29 is 14.6 Å². The van der Waals surface area contributed by atoms with E-state index in [0.717, 1.165) is 29.7 Å². The van der Waals surface area contributed by atoms with Crippen molar-refractivity contribution in [3.05, 3.63) is 40.7 Å². The zero-order valence-electron chi connectivity index (χ0n) is 14.3. The van der Waals surface area contributed by atoms with Crippen molar-refractivity contribution in [1.82, 2.24) is 0 Å². The number of nitrogens with zero attached hydrogens (tertiary/aromatic N) is 1. The molecule has 0 amide bonds. The van der Waals surface area contributed by atoms with Gasteiger partial charge in [-0.25, -0.2) is 6.57 Å². The normalized spacial score (nSPS) is 27.6. The van der Waals surface area contributed by atoms with Gasteiger partial charge in [0.2, 0.25) is 0 Å². The molecule has 24 heavy (non-hydrogen) atoms. The Kier molecular flexibility index (Phi) is 4.80. The van der Waals surface area contributed by atoms with E-state index in [1.807, 2.05) is 25.1 Å². The number of aliphatic carboxylic acids is 1. The Hall–Kier alpha value is -2.02. The molecule has 4 nitrogen and oxygen atoms in total. The smallest absolute Gasteiger partial charge is 0.306 e. The van der Waals surface area contributed by atoms with Gasteiger partial charge in [-0.2, -0.15) is 0 Å². The summed E-state index contributed by atoms with van der Waals surface area (Å²) in [5.74, 6) is -0.148. The van der Waals surface area contributed by atoms with Gasteiger partial charge < -0.3 is 14.7 Å². The van der Waals surface area contributed by atoms with Gasteiger partial charge in [-0.3, -0.25) is 4.79 Å². The van der Waals surface area contributed by atoms with E-state index in [1.165, 1.54) is 12.8 Å². The molecule has 0 unspecified atom stereocenters. The Bertz CT molecular complexity index is 647. The number of carboxylic acid groups (broad SMARTS) is 1. The third-order valence-corrected chi connectivity index (χ3v) is 5.70. The number of carbonyl (C=O) groups is 1. The lowest BCUT2D eigenvalue weighted by Gasteiger charge is -2.30. The van der Waals surface area contributed by atoms with Crippen LogP contribution in [0.25, 0.3) is 4.85 Å². The van der Waals surface area contributed by atoms with Crippen LogP contribution in [0.15, 0.2) is 18.2 Å². The molecular formula is C20H25NO3. The minimum absolute atomic E-state index is 0.297. The number of hydrogen-bond acceptors (Lipinski definition) is 2. The van der Waals surface area contributed by atoms with Crippen molar-refractivity contribution >= 4 is 5.97 Å². The number of rotatable bonds is 4. The van der Waals surface area contributed by atoms with E-state index in [2.05, 4.69) is 4.85 Å². The second-order valence-electron chi connectivity index (χ2n) is 7.26. The largest absolute Gasteiger partial charge is 0.490 e. The quantitative estimate of drug-likeness (QED) is 0.815. The second kappa shape index (κ2) is 6.84. The molecular weight excluding hydrogens is 302 g/mol. The van der Waals surface area contributed by atoms with E-state index in [1.54, 1.807) is 0 Å². The highest BCUT2D eigenvalue weighted by molar-refractivity contribution is 5.70. The van der Waals surface area contributed by atoms with Gasteiger partial charge in [0.15, 0.2) is 0 Å². The van der Waals surface area contributed by atoms with E-state index >= 15 is 0 Å². The lowest BCUT2D eigenvalue weighted by molar-refractivity contribution is -0.143. The highest BCUT2D eigenvalue weighted by atomic mass is 16.5. The molecule has 0 atom stereocenters. The number of aryl methyl sites for hydroxylation is 1. The average molecular weight is 327 g/mol. The molecule has 2 aliphatic rings. The summed E-state index contributed by atoms with van der Waals surface area (Å²) in [6, 6.07) is 6.10. The number of ether oxygens (including phenoxy) is 1. The lowest BCUT2D eigenvalue weighted by atomic mass is 9.73. The van der Waals surface area contributed by atoms with E-state index in [0.29, 0.717) is 31.8 Å². The maximum atomic E-state index is 11.2. The zero-order valence-corrected chi connectivity index (χ0v) is 14.3. The summed E-state index contributed by atoms with van der Waals surface area (Å²) in [6.07, 6.45) is 7.34. The van der Waals surface area contributed by atoms with Crippen molar-refractivity contribution in [3.63, 3.8) is 0 Å². The number of hydrogen-bond donors (Lipinski definition) is 1. The third-order valence-electron chi connectivity index (χ3n) is 5.70. The van der Waals surface area contributed by atoms with Crippen LogP contribution < -0.4 is 4.74 Å². The van der Waals surface area contributed by atoms with Crippen molar-refractivity contribution in [2.75, 3.05) is 0 Å². The van der Waals surface area contributed by atoms with Gasteiger partial charge in [0.25, 0.3) is 5.54 Å². The Morgan fingerprint density at radius 3 is 2.50 bits per heavy atom. The van der Waals surface area contributed by atoms with E-state index < -0.39 is 11.5 Å². The van der Waals surface area contributed by atoms with Crippen LogP contribution in [0.3, 0.4) is 0 Å². The molecule has 2 aliphatic carbocycles. The SMILES string of the molecule is [C-]#[N+]C1(c2ccc(C)c(OC3CCCC3)c2)CCC(C(=O)O)CC1. The molecule has 0 heterocycles. The average Bonchev–Trinajstić information content (AvgIpc) is 3.10. The van der Waals surface area contributed by atoms with Crippen molar-refractivity contribution in [2.24, 2.45) is 5.92 Å². The molecule has 0 aromatic heterocycles. The first-order valence-corrected chi connectivity index (χ1v) is 8.93. The minimum atomic E-state index is -0.734. The predicted octanol–water partition coefficient (Wildman–Crippen LogP) is 4.71. The molecule has 2 saturated carbocycles. The standard InChI is InChI=1S/C20H25NO3/c1-14-7-8-16(13-18(14)24-17-5-3-4-6-17)20(21-2)11-9-15(10-12-20)19(22)23/h7-8,13,15,17H,3-6,9-12H2,1H3,(H,22,23). The topological polar surface area (TPSA) is 50.9 Å². The fraction of sp³-hybridized carbons (Fsp3) is 0.600. The van der Waals surface area contributed by atoms with Crippen LogP contribution in [0.2, 0.25) is 0 Å². The van der Waals surface area contributed by atoms with Gasteiger partial charge >= 0.3 is 5.97 Å². The van der Waals surface area contributed by atoms with Gasteiger partial charge in [-0.15, -0.1) is 0 Å². The summed E-state index contributed by atoms with van der Waals surface area (Å²) in [5.41, 5.74) is 1.50. The Balaban J connectivity index is 1.82. The minimum Gasteiger partial charge on any atom is -0.490 e. The van der Waals surface area contributed by atoms with Crippen molar-refractivity contribution in [2.45, 2.75) is 69.9 Å². The molecule has 1 aromatic carbocycles. The van der Waals surface area contributed by atoms with E-state index in [4.69, 9.17) is 11.3 Å². The van der Waals surface area contributed by atoms with E-state index in [-0.39, 0.29) is 5.92 Å². The molecule has 0 aliphatic heterocycles.